The van der Waals surface area contributed by atoms with Crippen LogP contribution in [0.2, 0.25) is 5.02 Å². The van der Waals surface area contributed by atoms with Crippen LogP contribution in [0.1, 0.15) is 28.4 Å². The standard InChI is InChI=1S/C23H23ClN2O4S/c1-3-26(15-17-8-5-4-6-9-17)21-13-12-18(14-19(21)23(27)28)25-31(29,30)22-11-7-10-20(24)16(22)2/h4-14,25H,3,15H2,1-2H3,(H,27,28). The number of rotatable bonds is 8. The van der Waals surface area contributed by atoms with Gasteiger partial charge in [-0.15, -0.1) is 0 Å². The molecule has 8 heteroatoms. The highest BCUT2D eigenvalue weighted by atomic mass is 35.5. The smallest absolute Gasteiger partial charge is 0.337 e. The molecule has 0 aromatic heterocycles. The first-order chi connectivity index (χ1) is 14.7. The molecule has 0 fully saturated rings. The molecule has 31 heavy (non-hydrogen) atoms. The fourth-order valence-corrected chi connectivity index (χ4v) is 4.86. The van der Waals surface area contributed by atoms with E-state index in [0.717, 1.165) is 5.56 Å². The van der Waals surface area contributed by atoms with Crippen LogP contribution in [0.3, 0.4) is 0 Å². The summed E-state index contributed by atoms with van der Waals surface area (Å²) < 4.78 is 28.2. The van der Waals surface area contributed by atoms with E-state index < -0.39 is 16.0 Å². The number of aromatic carboxylic acids is 1. The van der Waals surface area contributed by atoms with E-state index in [1.807, 2.05) is 42.2 Å². The summed E-state index contributed by atoms with van der Waals surface area (Å²) in [5.41, 5.74) is 2.16. The Morgan fingerprint density at radius 1 is 1.06 bits per heavy atom. The molecule has 0 atom stereocenters. The Morgan fingerprint density at radius 3 is 2.42 bits per heavy atom. The molecule has 2 N–H and O–H groups in total. The molecule has 0 radical (unpaired) electrons. The predicted molar refractivity (Wildman–Crippen MR) is 124 cm³/mol. The Morgan fingerprint density at radius 2 is 1.77 bits per heavy atom. The van der Waals surface area contributed by atoms with Crippen LogP contribution < -0.4 is 9.62 Å². The van der Waals surface area contributed by atoms with Gasteiger partial charge in [-0.05, 0) is 55.3 Å². The molecule has 6 nitrogen and oxygen atoms in total. The van der Waals surface area contributed by atoms with Crippen molar-refractivity contribution in [2.45, 2.75) is 25.3 Å². The topological polar surface area (TPSA) is 86.7 Å². The van der Waals surface area contributed by atoms with E-state index in [4.69, 9.17) is 11.6 Å². The zero-order chi connectivity index (χ0) is 22.6. The van der Waals surface area contributed by atoms with Gasteiger partial charge in [0, 0.05) is 23.8 Å². The molecule has 0 unspecified atom stereocenters. The lowest BCUT2D eigenvalue weighted by atomic mass is 10.1. The zero-order valence-corrected chi connectivity index (χ0v) is 18.7. The number of halogens is 1. The molecule has 3 aromatic rings. The Labute approximate surface area is 187 Å². The summed E-state index contributed by atoms with van der Waals surface area (Å²) in [7, 11) is -3.94. The Hall–Kier alpha value is -3.03. The number of carbonyl (C=O) groups is 1. The normalized spacial score (nSPS) is 11.2. The van der Waals surface area contributed by atoms with E-state index in [9.17, 15) is 18.3 Å². The average Bonchev–Trinajstić information content (AvgIpc) is 2.74. The summed E-state index contributed by atoms with van der Waals surface area (Å²) in [4.78, 5) is 13.9. The number of hydrogen-bond acceptors (Lipinski definition) is 4. The number of anilines is 2. The Bertz CT molecular complexity index is 1200. The second-order valence-electron chi connectivity index (χ2n) is 7.01. The van der Waals surface area contributed by atoms with Crippen LogP contribution in [-0.4, -0.2) is 26.0 Å². The average molecular weight is 459 g/mol. The van der Waals surface area contributed by atoms with E-state index in [2.05, 4.69) is 4.72 Å². The van der Waals surface area contributed by atoms with Crippen LogP contribution in [0, 0.1) is 6.92 Å². The van der Waals surface area contributed by atoms with Gasteiger partial charge in [-0.2, -0.15) is 0 Å². The fourth-order valence-electron chi connectivity index (χ4n) is 3.31. The lowest BCUT2D eigenvalue weighted by Crippen LogP contribution is -2.24. The zero-order valence-electron chi connectivity index (χ0n) is 17.2. The molecule has 3 rings (SSSR count). The van der Waals surface area contributed by atoms with E-state index >= 15 is 0 Å². The quantitative estimate of drug-likeness (QED) is 0.486. The van der Waals surface area contributed by atoms with Gasteiger partial charge in [0.1, 0.15) is 0 Å². The molecule has 0 bridgehead atoms. The van der Waals surface area contributed by atoms with Gasteiger partial charge in [0.15, 0.2) is 0 Å². The number of carboxylic acid groups (broad SMARTS) is 1. The summed E-state index contributed by atoms with van der Waals surface area (Å²) >= 11 is 6.05. The second kappa shape index (κ2) is 9.41. The SMILES string of the molecule is CCN(Cc1ccccc1)c1ccc(NS(=O)(=O)c2cccc(Cl)c2C)cc1C(=O)O. The molecule has 0 saturated carbocycles. The summed E-state index contributed by atoms with van der Waals surface area (Å²) in [5, 5.41) is 10.1. The highest BCUT2D eigenvalue weighted by Crippen LogP contribution is 2.29. The predicted octanol–water partition coefficient (Wildman–Crippen LogP) is 5.17. The van der Waals surface area contributed by atoms with Crippen LogP contribution in [0.15, 0.2) is 71.6 Å². The van der Waals surface area contributed by atoms with E-state index in [1.165, 1.54) is 12.1 Å². The Kier molecular flexibility index (Phi) is 6.87. The molecular formula is C23H23ClN2O4S. The van der Waals surface area contributed by atoms with Crippen LogP contribution in [0.25, 0.3) is 0 Å². The molecule has 0 aliphatic carbocycles. The third-order valence-electron chi connectivity index (χ3n) is 4.93. The molecular weight excluding hydrogens is 436 g/mol. The molecule has 0 saturated heterocycles. The van der Waals surface area contributed by atoms with E-state index in [1.54, 1.807) is 31.2 Å². The molecule has 0 aliphatic heterocycles. The monoisotopic (exact) mass is 458 g/mol. The molecule has 0 amide bonds. The van der Waals surface area contributed by atoms with Crippen LogP contribution in [0.4, 0.5) is 11.4 Å². The first kappa shape index (κ1) is 22.7. The van der Waals surface area contributed by atoms with Crippen molar-refractivity contribution in [1.29, 1.82) is 0 Å². The summed E-state index contributed by atoms with van der Waals surface area (Å²) in [6.45, 7) is 4.67. The first-order valence-corrected chi connectivity index (χ1v) is 11.5. The van der Waals surface area contributed by atoms with Crippen molar-refractivity contribution in [1.82, 2.24) is 0 Å². The van der Waals surface area contributed by atoms with Crippen molar-refractivity contribution >= 4 is 39.0 Å². The minimum atomic E-state index is -3.94. The van der Waals surface area contributed by atoms with Gasteiger partial charge in [-0.1, -0.05) is 48.0 Å². The van der Waals surface area contributed by atoms with Crippen molar-refractivity contribution in [2.75, 3.05) is 16.2 Å². The fraction of sp³-hybridized carbons (Fsp3) is 0.174. The van der Waals surface area contributed by atoms with Crippen LogP contribution >= 0.6 is 11.6 Å². The number of carboxylic acids is 1. The van der Waals surface area contributed by atoms with Crippen molar-refractivity contribution in [3.63, 3.8) is 0 Å². The van der Waals surface area contributed by atoms with Gasteiger partial charge in [0.2, 0.25) is 0 Å². The lowest BCUT2D eigenvalue weighted by Gasteiger charge is -2.25. The lowest BCUT2D eigenvalue weighted by molar-refractivity contribution is 0.0697. The minimum Gasteiger partial charge on any atom is -0.478 e. The number of hydrogen-bond donors (Lipinski definition) is 2. The van der Waals surface area contributed by atoms with Crippen molar-refractivity contribution in [3.8, 4) is 0 Å². The van der Waals surface area contributed by atoms with Crippen LogP contribution in [0.5, 0.6) is 0 Å². The number of nitrogens with zero attached hydrogens (tertiary/aromatic N) is 1. The van der Waals surface area contributed by atoms with Crippen molar-refractivity contribution in [2.24, 2.45) is 0 Å². The third kappa shape index (κ3) is 5.18. The minimum absolute atomic E-state index is 0.0146. The van der Waals surface area contributed by atoms with Gasteiger partial charge in [0.05, 0.1) is 16.1 Å². The van der Waals surface area contributed by atoms with Gasteiger partial charge >= 0.3 is 5.97 Å². The maximum Gasteiger partial charge on any atom is 0.337 e. The van der Waals surface area contributed by atoms with Crippen molar-refractivity contribution < 1.29 is 18.3 Å². The number of sulfonamides is 1. The van der Waals surface area contributed by atoms with Gasteiger partial charge in [-0.3, -0.25) is 4.72 Å². The van der Waals surface area contributed by atoms with Gasteiger partial charge in [-0.25, -0.2) is 13.2 Å². The molecule has 3 aromatic carbocycles. The third-order valence-corrected chi connectivity index (χ3v) is 6.86. The summed E-state index contributed by atoms with van der Waals surface area (Å²) in [6, 6.07) is 18.9. The molecule has 0 spiro atoms. The molecule has 0 heterocycles. The van der Waals surface area contributed by atoms with E-state index in [-0.39, 0.29) is 16.1 Å². The summed E-state index contributed by atoms with van der Waals surface area (Å²) in [5.74, 6) is -1.14. The summed E-state index contributed by atoms with van der Waals surface area (Å²) in [6.07, 6.45) is 0. The maximum absolute atomic E-state index is 12.8. The number of nitrogens with one attached hydrogen (secondary N) is 1. The first-order valence-electron chi connectivity index (χ1n) is 9.67. The van der Waals surface area contributed by atoms with Crippen LogP contribution in [-0.2, 0) is 16.6 Å². The molecule has 0 aliphatic rings. The van der Waals surface area contributed by atoms with Gasteiger partial charge in [0.25, 0.3) is 10.0 Å². The largest absolute Gasteiger partial charge is 0.478 e. The maximum atomic E-state index is 12.8. The Balaban J connectivity index is 1.94. The highest BCUT2D eigenvalue weighted by molar-refractivity contribution is 7.92. The van der Waals surface area contributed by atoms with E-state index in [0.29, 0.717) is 29.4 Å². The molecule has 162 valence electrons. The highest BCUT2D eigenvalue weighted by Gasteiger charge is 2.21. The number of benzene rings is 3. The van der Waals surface area contributed by atoms with Gasteiger partial charge < -0.3 is 10.0 Å². The second-order valence-corrected chi connectivity index (χ2v) is 9.06. The van der Waals surface area contributed by atoms with Crippen molar-refractivity contribution in [3.05, 3.63) is 88.4 Å².